The number of benzene rings is 1. The Morgan fingerprint density at radius 3 is 2.89 bits per heavy atom. The zero-order valence-electron chi connectivity index (χ0n) is 10.7. The van der Waals surface area contributed by atoms with Crippen molar-refractivity contribution < 1.29 is 14.6 Å². The van der Waals surface area contributed by atoms with Gasteiger partial charge in [0.1, 0.15) is 5.75 Å². The van der Waals surface area contributed by atoms with Gasteiger partial charge in [-0.3, -0.25) is 4.79 Å². The summed E-state index contributed by atoms with van der Waals surface area (Å²) in [6, 6.07) is 8.02. The van der Waals surface area contributed by atoms with Gasteiger partial charge in [-0.05, 0) is 43.2 Å². The van der Waals surface area contributed by atoms with Crippen LogP contribution in [0.4, 0.5) is 0 Å². The van der Waals surface area contributed by atoms with E-state index in [1.165, 1.54) is 5.56 Å². The molecule has 0 aliphatic rings. The summed E-state index contributed by atoms with van der Waals surface area (Å²) in [7, 11) is 0. The van der Waals surface area contributed by atoms with E-state index in [0.29, 0.717) is 6.61 Å². The van der Waals surface area contributed by atoms with Gasteiger partial charge in [0.05, 0.1) is 6.61 Å². The van der Waals surface area contributed by atoms with Crippen molar-refractivity contribution in [3.63, 3.8) is 0 Å². The Balaban J connectivity index is 1.97. The average molecular weight is 268 g/mol. The molecule has 0 fully saturated rings. The second-order valence-corrected chi connectivity index (χ2v) is 5.35. The summed E-state index contributed by atoms with van der Waals surface area (Å²) < 4.78 is 5.62. The first-order chi connectivity index (χ1) is 8.68. The molecule has 0 saturated heterocycles. The standard InChI is InChI=1S/C14H20O3S/c1-12-5-4-6-13(11-12)17-8-10-18-9-3-2-7-14(15)16/h4-6,11H,2-3,7-10H2,1H3,(H,15,16). The predicted molar refractivity (Wildman–Crippen MR) is 75.5 cm³/mol. The van der Waals surface area contributed by atoms with Gasteiger partial charge in [0.15, 0.2) is 0 Å². The number of ether oxygens (including phenoxy) is 1. The lowest BCUT2D eigenvalue weighted by Crippen LogP contribution is -2.01. The van der Waals surface area contributed by atoms with Crippen LogP contribution < -0.4 is 4.74 Å². The molecule has 0 aliphatic carbocycles. The highest BCUT2D eigenvalue weighted by atomic mass is 32.2. The Hall–Kier alpha value is -1.16. The minimum absolute atomic E-state index is 0.278. The SMILES string of the molecule is Cc1cccc(OCCSCCCCC(=O)O)c1. The Morgan fingerprint density at radius 1 is 1.33 bits per heavy atom. The third-order valence-corrected chi connectivity index (χ3v) is 3.45. The summed E-state index contributed by atoms with van der Waals surface area (Å²) in [5.41, 5.74) is 1.20. The fourth-order valence-electron chi connectivity index (χ4n) is 1.51. The second kappa shape index (κ2) is 8.86. The van der Waals surface area contributed by atoms with E-state index in [4.69, 9.17) is 9.84 Å². The van der Waals surface area contributed by atoms with Crippen LogP contribution in [0.2, 0.25) is 0 Å². The minimum Gasteiger partial charge on any atom is -0.493 e. The fourth-order valence-corrected chi connectivity index (χ4v) is 2.32. The van der Waals surface area contributed by atoms with E-state index in [-0.39, 0.29) is 6.42 Å². The van der Waals surface area contributed by atoms with Gasteiger partial charge in [-0.25, -0.2) is 0 Å². The molecular weight excluding hydrogens is 248 g/mol. The molecule has 0 atom stereocenters. The normalized spacial score (nSPS) is 10.3. The van der Waals surface area contributed by atoms with Gasteiger partial charge < -0.3 is 9.84 Å². The molecule has 0 spiro atoms. The molecule has 0 amide bonds. The molecule has 3 nitrogen and oxygen atoms in total. The molecule has 1 aromatic carbocycles. The quantitative estimate of drug-likeness (QED) is 0.698. The lowest BCUT2D eigenvalue weighted by molar-refractivity contribution is -0.137. The number of aliphatic carboxylic acids is 1. The van der Waals surface area contributed by atoms with Crippen LogP contribution in [0.3, 0.4) is 0 Å². The summed E-state index contributed by atoms with van der Waals surface area (Å²) in [5.74, 6) is 2.16. The highest BCUT2D eigenvalue weighted by Gasteiger charge is 1.97. The fraction of sp³-hybridized carbons (Fsp3) is 0.500. The Bertz CT molecular complexity index is 366. The Labute approximate surface area is 113 Å². The van der Waals surface area contributed by atoms with Gasteiger partial charge in [0.2, 0.25) is 0 Å². The third kappa shape index (κ3) is 7.22. The van der Waals surface area contributed by atoms with E-state index in [0.717, 1.165) is 30.1 Å². The van der Waals surface area contributed by atoms with Gasteiger partial charge in [-0.2, -0.15) is 11.8 Å². The molecule has 0 bridgehead atoms. The third-order valence-electron chi connectivity index (χ3n) is 2.42. The summed E-state index contributed by atoms with van der Waals surface area (Å²) in [6.45, 7) is 2.75. The predicted octanol–water partition coefficient (Wildman–Crippen LogP) is 3.36. The maximum absolute atomic E-state index is 10.3. The monoisotopic (exact) mass is 268 g/mol. The van der Waals surface area contributed by atoms with Crippen molar-refractivity contribution in [2.24, 2.45) is 0 Å². The van der Waals surface area contributed by atoms with Gasteiger partial charge in [0.25, 0.3) is 0 Å². The molecule has 1 rings (SSSR count). The number of unbranched alkanes of at least 4 members (excludes halogenated alkanes) is 1. The van der Waals surface area contributed by atoms with E-state index in [2.05, 4.69) is 0 Å². The first kappa shape index (κ1) is 14.9. The second-order valence-electron chi connectivity index (χ2n) is 4.13. The lowest BCUT2D eigenvalue weighted by atomic mass is 10.2. The Kier molecular flexibility index (Phi) is 7.34. The maximum Gasteiger partial charge on any atom is 0.303 e. The molecule has 18 heavy (non-hydrogen) atoms. The highest BCUT2D eigenvalue weighted by Crippen LogP contribution is 2.13. The summed E-state index contributed by atoms with van der Waals surface area (Å²) in [5, 5.41) is 8.48. The van der Waals surface area contributed by atoms with Gasteiger partial charge >= 0.3 is 5.97 Å². The molecule has 0 unspecified atom stereocenters. The topological polar surface area (TPSA) is 46.5 Å². The molecule has 1 N–H and O–H groups in total. The molecule has 4 heteroatoms. The number of rotatable bonds is 9. The van der Waals surface area contributed by atoms with Crippen molar-refractivity contribution in [2.45, 2.75) is 26.2 Å². The number of carboxylic acid groups (broad SMARTS) is 1. The van der Waals surface area contributed by atoms with Crippen molar-refractivity contribution in [1.29, 1.82) is 0 Å². The van der Waals surface area contributed by atoms with Crippen molar-refractivity contribution in [2.75, 3.05) is 18.1 Å². The van der Waals surface area contributed by atoms with E-state index >= 15 is 0 Å². The van der Waals surface area contributed by atoms with Crippen molar-refractivity contribution in [3.8, 4) is 5.75 Å². The smallest absolute Gasteiger partial charge is 0.303 e. The molecule has 100 valence electrons. The molecule has 0 saturated carbocycles. The number of carboxylic acids is 1. The largest absolute Gasteiger partial charge is 0.493 e. The van der Waals surface area contributed by atoms with Crippen molar-refractivity contribution in [1.82, 2.24) is 0 Å². The Morgan fingerprint density at radius 2 is 2.17 bits per heavy atom. The van der Waals surface area contributed by atoms with Gasteiger partial charge in [0, 0.05) is 12.2 Å². The number of hydrogen-bond donors (Lipinski definition) is 1. The van der Waals surface area contributed by atoms with Crippen LogP contribution in [0.25, 0.3) is 0 Å². The summed E-state index contributed by atoms with van der Waals surface area (Å²) >= 11 is 1.81. The molecule has 1 aromatic rings. The number of carbonyl (C=O) groups is 1. The van der Waals surface area contributed by atoms with Crippen LogP contribution in [-0.4, -0.2) is 29.2 Å². The van der Waals surface area contributed by atoms with Crippen LogP contribution in [-0.2, 0) is 4.79 Å². The molecule has 0 radical (unpaired) electrons. The maximum atomic E-state index is 10.3. The van der Waals surface area contributed by atoms with Crippen molar-refractivity contribution in [3.05, 3.63) is 29.8 Å². The van der Waals surface area contributed by atoms with Crippen LogP contribution in [0, 0.1) is 6.92 Å². The van der Waals surface area contributed by atoms with Crippen molar-refractivity contribution >= 4 is 17.7 Å². The minimum atomic E-state index is -0.706. The zero-order chi connectivity index (χ0) is 13.2. The summed E-state index contributed by atoms with van der Waals surface area (Å²) in [4.78, 5) is 10.3. The molecule has 0 heterocycles. The average Bonchev–Trinajstić information content (AvgIpc) is 2.32. The van der Waals surface area contributed by atoms with Crippen LogP contribution in [0.15, 0.2) is 24.3 Å². The van der Waals surface area contributed by atoms with E-state index in [1.807, 2.05) is 43.0 Å². The molecule has 0 aliphatic heterocycles. The van der Waals surface area contributed by atoms with E-state index in [1.54, 1.807) is 0 Å². The number of hydrogen-bond acceptors (Lipinski definition) is 3. The van der Waals surface area contributed by atoms with E-state index < -0.39 is 5.97 Å². The van der Waals surface area contributed by atoms with Crippen LogP contribution in [0.5, 0.6) is 5.75 Å². The highest BCUT2D eigenvalue weighted by molar-refractivity contribution is 7.99. The van der Waals surface area contributed by atoms with Crippen LogP contribution >= 0.6 is 11.8 Å². The van der Waals surface area contributed by atoms with E-state index in [9.17, 15) is 4.79 Å². The van der Waals surface area contributed by atoms with Crippen LogP contribution in [0.1, 0.15) is 24.8 Å². The van der Waals surface area contributed by atoms with Gasteiger partial charge in [-0.1, -0.05) is 12.1 Å². The summed E-state index contributed by atoms with van der Waals surface area (Å²) in [6.07, 6.45) is 2.00. The number of aryl methyl sites for hydroxylation is 1. The molecule has 0 aromatic heterocycles. The lowest BCUT2D eigenvalue weighted by Gasteiger charge is -2.06. The first-order valence-electron chi connectivity index (χ1n) is 6.17. The zero-order valence-corrected chi connectivity index (χ0v) is 11.5. The number of thioether (sulfide) groups is 1. The first-order valence-corrected chi connectivity index (χ1v) is 7.33. The van der Waals surface area contributed by atoms with Gasteiger partial charge in [-0.15, -0.1) is 0 Å². The molecular formula is C14H20O3S.